The lowest BCUT2D eigenvalue weighted by Gasteiger charge is -2.08. The van der Waals surface area contributed by atoms with E-state index in [1.54, 1.807) is 24.4 Å². The van der Waals surface area contributed by atoms with Crippen LogP contribution in [0.2, 0.25) is 0 Å². The number of nitrogen functional groups attached to an aromatic ring is 1. The molecule has 1 amide bonds. The summed E-state index contributed by atoms with van der Waals surface area (Å²) in [4.78, 5) is 19.5. The van der Waals surface area contributed by atoms with Gasteiger partial charge in [-0.2, -0.15) is 0 Å². The minimum Gasteiger partial charge on any atom is -0.491 e. The molecule has 2 aromatic rings. The van der Waals surface area contributed by atoms with Gasteiger partial charge in [-0.3, -0.25) is 4.79 Å². The standard InChI is InChI=1S/C14H16N4O2/c15-12-3-1-2-4-13(12)20-8-6-14(19)17-9-11-5-7-16-10-18-11/h1-5,7,10H,6,8-9,15H2,(H,17,19). The van der Waals surface area contributed by atoms with Crippen molar-refractivity contribution in [3.05, 3.63) is 48.5 Å². The van der Waals surface area contributed by atoms with Gasteiger partial charge >= 0.3 is 0 Å². The summed E-state index contributed by atoms with van der Waals surface area (Å²) >= 11 is 0. The number of rotatable bonds is 6. The highest BCUT2D eigenvalue weighted by Crippen LogP contribution is 2.19. The van der Waals surface area contributed by atoms with Crippen molar-refractivity contribution in [2.75, 3.05) is 12.3 Å². The Hall–Kier alpha value is -2.63. The highest BCUT2D eigenvalue weighted by atomic mass is 16.5. The normalized spacial score (nSPS) is 10.0. The molecule has 104 valence electrons. The molecule has 0 aliphatic heterocycles. The number of nitrogens with zero attached hydrogens (tertiary/aromatic N) is 2. The fourth-order valence-corrected chi connectivity index (χ4v) is 1.57. The summed E-state index contributed by atoms with van der Waals surface area (Å²) in [5.41, 5.74) is 7.06. The van der Waals surface area contributed by atoms with E-state index < -0.39 is 0 Å². The molecule has 0 radical (unpaired) electrons. The van der Waals surface area contributed by atoms with Gasteiger partial charge in [-0.05, 0) is 18.2 Å². The zero-order valence-electron chi connectivity index (χ0n) is 11.0. The number of aromatic nitrogens is 2. The smallest absolute Gasteiger partial charge is 0.223 e. The quantitative estimate of drug-likeness (QED) is 0.770. The Morgan fingerprint density at radius 1 is 1.30 bits per heavy atom. The lowest BCUT2D eigenvalue weighted by molar-refractivity contribution is -0.121. The van der Waals surface area contributed by atoms with Crippen LogP contribution in [0.1, 0.15) is 12.1 Å². The third-order valence-corrected chi connectivity index (χ3v) is 2.62. The summed E-state index contributed by atoms with van der Waals surface area (Å²) in [7, 11) is 0. The SMILES string of the molecule is Nc1ccccc1OCCC(=O)NCc1ccncn1. The topological polar surface area (TPSA) is 90.1 Å². The average Bonchev–Trinajstić information content (AvgIpc) is 2.48. The molecule has 0 aliphatic rings. The van der Waals surface area contributed by atoms with E-state index in [0.29, 0.717) is 18.0 Å². The third-order valence-electron chi connectivity index (χ3n) is 2.62. The van der Waals surface area contributed by atoms with Crippen LogP contribution >= 0.6 is 0 Å². The van der Waals surface area contributed by atoms with Crippen molar-refractivity contribution in [2.45, 2.75) is 13.0 Å². The highest BCUT2D eigenvalue weighted by molar-refractivity contribution is 5.75. The zero-order valence-corrected chi connectivity index (χ0v) is 11.0. The molecule has 0 bridgehead atoms. The van der Waals surface area contributed by atoms with Crippen LogP contribution in [-0.4, -0.2) is 22.5 Å². The first kappa shape index (κ1) is 13.8. The molecule has 6 nitrogen and oxygen atoms in total. The van der Waals surface area contributed by atoms with Crippen LogP contribution in [0.15, 0.2) is 42.9 Å². The van der Waals surface area contributed by atoms with Crippen LogP contribution in [0.25, 0.3) is 0 Å². The summed E-state index contributed by atoms with van der Waals surface area (Å²) < 4.78 is 5.45. The number of para-hydroxylation sites is 2. The van der Waals surface area contributed by atoms with Crippen molar-refractivity contribution in [1.29, 1.82) is 0 Å². The molecule has 2 rings (SSSR count). The Balaban J connectivity index is 1.69. The van der Waals surface area contributed by atoms with Gasteiger partial charge in [0.05, 0.1) is 31.0 Å². The molecular weight excluding hydrogens is 256 g/mol. The molecule has 0 aliphatic carbocycles. The van der Waals surface area contributed by atoms with E-state index in [2.05, 4.69) is 15.3 Å². The first-order chi connectivity index (χ1) is 9.75. The van der Waals surface area contributed by atoms with Gasteiger partial charge in [0.25, 0.3) is 0 Å². The molecule has 1 aromatic heterocycles. The average molecular weight is 272 g/mol. The van der Waals surface area contributed by atoms with E-state index in [1.807, 2.05) is 12.1 Å². The molecule has 1 aromatic carbocycles. The van der Waals surface area contributed by atoms with E-state index in [-0.39, 0.29) is 18.9 Å². The lowest BCUT2D eigenvalue weighted by atomic mass is 10.3. The van der Waals surface area contributed by atoms with Gasteiger partial charge in [0.1, 0.15) is 12.1 Å². The first-order valence-corrected chi connectivity index (χ1v) is 6.24. The second-order valence-corrected chi connectivity index (χ2v) is 4.11. The number of anilines is 1. The van der Waals surface area contributed by atoms with Gasteiger partial charge in [-0.25, -0.2) is 9.97 Å². The number of nitrogens with one attached hydrogen (secondary N) is 1. The maximum absolute atomic E-state index is 11.6. The summed E-state index contributed by atoms with van der Waals surface area (Å²) in [6, 6.07) is 8.94. The first-order valence-electron chi connectivity index (χ1n) is 6.24. The maximum atomic E-state index is 11.6. The van der Waals surface area contributed by atoms with Crippen LogP contribution < -0.4 is 15.8 Å². The summed E-state index contributed by atoms with van der Waals surface area (Å²) in [6.07, 6.45) is 3.35. The number of nitrogens with two attached hydrogens (primary N) is 1. The molecule has 0 saturated carbocycles. The van der Waals surface area contributed by atoms with Crippen LogP contribution in [0.4, 0.5) is 5.69 Å². The Labute approximate surface area is 117 Å². The number of carbonyl (C=O) groups excluding carboxylic acids is 1. The van der Waals surface area contributed by atoms with Gasteiger partial charge in [0.15, 0.2) is 0 Å². The molecule has 6 heteroatoms. The van der Waals surface area contributed by atoms with E-state index >= 15 is 0 Å². The molecule has 1 heterocycles. The van der Waals surface area contributed by atoms with E-state index in [4.69, 9.17) is 10.5 Å². The molecule has 0 fully saturated rings. The van der Waals surface area contributed by atoms with Crippen molar-refractivity contribution in [1.82, 2.24) is 15.3 Å². The van der Waals surface area contributed by atoms with Gasteiger partial charge in [-0.15, -0.1) is 0 Å². The number of hydrogen-bond acceptors (Lipinski definition) is 5. The largest absolute Gasteiger partial charge is 0.491 e. The van der Waals surface area contributed by atoms with Crippen LogP contribution in [0, 0.1) is 0 Å². The molecule has 0 spiro atoms. The predicted molar refractivity (Wildman–Crippen MR) is 74.8 cm³/mol. The Kier molecular flexibility index (Phi) is 4.88. The number of carbonyl (C=O) groups is 1. The van der Waals surface area contributed by atoms with E-state index in [1.165, 1.54) is 6.33 Å². The summed E-state index contributed by atoms with van der Waals surface area (Å²) in [6.45, 7) is 0.665. The van der Waals surface area contributed by atoms with Crippen LogP contribution in [0.3, 0.4) is 0 Å². The van der Waals surface area contributed by atoms with Gasteiger partial charge in [0, 0.05) is 6.20 Å². The number of hydrogen-bond donors (Lipinski definition) is 2. The number of ether oxygens (including phenoxy) is 1. The molecule has 0 unspecified atom stereocenters. The summed E-state index contributed by atoms with van der Waals surface area (Å²) in [5.74, 6) is 0.495. The number of amides is 1. The van der Waals surface area contributed by atoms with Crippen molar-refractivity contribution in [3.8, 4) is 5.75 Å². The van der Waals surface area contributed by atoms with Gasteiger partial charge in [0.2, 0.25) is 5.91 Å². The lowest BCUT2D eigenvalue weighted by Crippen LogP contribution is -2.24. The Bertz CT molecular complexity index is 560. The fraction of sp³-hybridized carbons (Fsp3) is 0.214. The third kappa shape index (κ3) is 4.24. The van der Waals surface area contributed by atoms with Crippen molar-refractivity contribution >= 4 is 11.6 Å². The van der Waals surface area contributed by atoms with Crippen LogP contribution in [-0.2, 0) is 11.3 Å². The molecule has 0 saturated heterocycles. The van der Waals surface area contributed by atoms with Gasteiger partial charge < -0.3 is 15.8 Å². The fourth-order valence-electron chi connectivity index (χ4n) is 1.57. The highest BCUT2D eigenvalue weighted by Gasteiger charge is 2.04. The monoisotopic (exact) mass is 272 g/mol. The molecule has 20 heavy (non-hydrogen) atoms. The molecular formula is C14H16N4O2. The van der Waals surface area contributed by atoms with Crippen LogP contribution in [0.5, 0.6) is 5.75 Å². The minimum atomic E-state index is -0.0990. The predicted octanol–water partition coefficient (Wildman–Crippen LogP) is 1.14. The van der Waals surface area contributed by atoms with E-state index in [9.17, 15) is 4.79 Å². The second kappa shape index (κ2) is 7.08. The van der Waals surface area contributed by atoms with Crippen molar-refractivity contribution in [2.24, 2.45) is 0 Å². The van der Waals surface area contributed by atoms with Crippen molar-refractivity contribution < 1.29 is 9.53 Å². The minimum absolute atomic E-state index is 0.0990. The zero-order chi connectivity index (χ0) is 14.2. The number of benzene rings is 1. The van der Waals surface area contributed by atoms with Gasteiger partial charge in [-0.1, -0.05) is 12.1 Å². The molecule has 3 N–H and O–H groups in total. The summed E-state index contributed by atoms with van der Waals surface area (Å²) in [5, 5.41) is 2.76. The second-order valence-electron chi connectivity index (χ2n) is 4.11. The molecule has 0 atom stereocenters. The van der Waals surface area contributed by atoms with E-state index in [0.717, 1.165) is 5.69 Å². The maximum Gasteiger partial charge on any atom is 0.223 e. The Morgan fingerprint density at radius 3 is 2.90 bits per heavy atom. The van der Waals surface area contributed by atoms with Crippen molar-refractivity contribution in [3.63, 3.8) is 0 Å². The Morgan fingerprint density at radius 2 is 2.15 bits per heavy atom.